The second-order valence-electron chi connectivity index (χ2n) is 3.24. The van der Waals surface area contributed by atoms with Crippen LogP contribution in [0.5, 0.6) is 5.75 Å². The number of amides is 1. The summed E-state index contributed by atoms with van der Waals surface area (Å²) in [6, 6.07) is 8.71. The maximum atomic E-state index is 10.6. The van der Waals surface area contributed by atoms with Gasteiger partial charge < -0.3 is 10.5 Å². The van der Waals surface area contributed by atoms with Gasteiger partial charge in [0, 0.05) is 0 Å². The first-order valence-electron chi connectivity index (χ1n) is 4.57. The number of hydrogen-bond acceptors (Lipinski definition) is 3. The van der Waals surface area contributed by atoms with E-state index >= 15 is 0 Å². The molecule has 0 aliphatic rings. The van der Waals surface area contributed by atoms with Gasteiger partial charge in [-0.3, -0.25) is 4.79 Å². The van der Waals surface area contributed by atoms with Crippen LogP contribution in [0.25, 0.3) is 0 Å². The molecule has 1 atom stereocenters. The summed E-state index contributed by atoms with van der Waals surface area (Å²) >= 11 is 0. The Morgan fingerprint density at radius 2 is 2.13 bits per heavy atom. The minimum atomic E-state index is -0.392. The number of carbonyl (C=O) groups is 1. The molecule has 0 aromatic heterocycles. The van der Waals surface area contributed by atoms with Crippen LogP contribution in [0, 0.1) is 11.3 Å². The molecule has 4 nitrogen and oxygen atoms in total. The summed E-state index contributed by atoms with van der Waals surface area (Å²) in [5, 5.41) is 8.58. The topological polar surface area (TPSA) is 76.1 Å². The lowest BCUT2D eigenvalue weighted by Crippen LogP contribution is -2.22. The highest BCUT2D eigenvalue weighted by Gasteiger charge is 2.07. The predicted molar refractivity (Wildman–Crippen MR) is 55.1 cm³/mol. The fraction of sp³-hybridized carbons (Fsp3) is 0.273. The van der Waals surface area contributed by atoms with Crippen molar-refractivity contribution in [2.75, 3.05) is 0 Å². The lowest BCUT2D eigenvalue weighted by atomic mass is 10.2. The first kappa shape index (κ1) is 11.1. The van der Waals surface area contributed by atoms with E-state index in [0.29, 0.717) is 11.3 Å². The molecule has 4 heteroatoms. The van der Waals surface area contributed by atoms with E-state index in [4.69, 9.17) is 15.7 Å². The minimum absolute atomic E-state index is 0.181. The molecule has 0 fully saturated rings. The summed E-state index contributed by atoms with van der Waals surface area (Å²) in [6.07, 6.45) is -0.0737. The van der Waals surface area contributed by atoms with Crippen molar-refractivity contribution in [1.82, 2.24) is 0 Å². The Bertz CT molecular complexity index is 379. The number of nitrogens with two attached hydrogens (primary N) is 1. The van der Waals surface area contributed by atoms with Crippen LogP contribution >= 0.6 is 0 Å². The Labute approximate surface area is 88.3 Å². The third-order valence-electron chi connectivity index (χ3n) is 1.81. The van der Waals surface area contributed by atoms with Crippen LogP contribution in [0.1, 0.15) is 18.9 Å². The van der Waals surface area contributed by atoms with Gasteiger partial charge in [-0.15, -0.1) is 0 Å². The second kappa shape index (κ2) is 5.01. The summed E-state index contributed by atoms with van der Waals surface area (Å²) in [6.45, 7) is 1.77. The Morgan fingerprint density at radius 1 is 1.53 bits per heavy atom. The molecular weight excluding hydrogens is 192 g/mol. The maximum Gasteiger partial charge on any atom is 0.221 e. The number of nitrogens with zero attached hydrogens (tertiary/aromatic N) is 1. The Hall–Kier alpha value is -2.02. The molecule has 1 amide bonds. The van der Waals surface area contributed by atoms with Crippen molar-refractivity contribution in [1.29, 1.82) is 5.26 Å². The van der Waals surface area contributed by atoms with Gasteiger partial charge in [-0.25, -0.2) is 0 Å². The number of primary amides is 1. The van der Waals surface area contributed by atoms with Crippen molar-refractivity contribution in [3.63, 3.8) is 0 Å². The third kappa shape index (κ3) is 3.69. The Balaban J connectivity index is 2.58. The number of benzene rings is 1. The fourth-order valence-electron chi connectivity index (χ4n) is 1.17. The first-order chi connectivity index (χ1) is 7.11. The number of hydrogen-bond donors (Lipinski definition) is 1. The summed E-state index contributed by atoms with van der Waals surface area (Å²) in [5.74, 6) is 0.235. The standard InChI is InChI=1S/C11H12N2O2/c1-8(6-11(13)14)15-10-4-2-9(7-12)3-5-10/h2-5,8H,6H2,1H3,(H2,13,14). The number of nitriles is 1. The van der Waals surface area contributed by atoms with Crippen LogP contribution in [0.15, 0.2) is 24.3 Å². The zero-order chi connectivity index (χ0) is 11.3. The average Bonchev–Trinajstić information content (AvgIpc) is 2.17. The minimum Gasteiger partial charge on any atom is -0.490 e. The van der Waals surface area contributed by atoms with Gasteiger partial charge in [0.05, 0.1) is 18.1 Å². The van der Waals surface area contributed by atoms with Crippen LogP contribution in [0.3, 0.4) is 0 Å². The molecule has 0 saturated heterocycles. The predicted octanol–water partition coefficient (Wildman–Crippen LogP) is 1.20. The first-order valence-corrected chi connectivity index (χ1v) is 4.57. The van der Waals surface area contributed by atoms with Crippen molar-refractivity contribution >= 4 is 5.91 Å². The molecule has 1 rings (SSSR count). The van der Waals surface area contributed by atoms with E-state index in [1.165, 1.54) is 0 Å². The van der Waals surface area contributed by atoms with E-state index < -0.39 is 5.91 Å². The van der Waals surface area contributed by atoms with E-state index in [0.717, 1.165) is 0 Å². The SMILES string of the molecule is CC(CC(N)=O)Oc1ccc(C#N)cc1. The van der Waals surface area contributed by atoms with Crippen molar-refractivity contribution in [3.05, 3.63) is 29.8 Å². The van der Waals surface area contributed by atoms with E-state index in [-0.39, 0.29) is 12.5 Å². The van der Waals surface area contributed by atoms with Crippen molar-refractivity contribution in [2.24, 2.45) is 5.73 Å². The van der Waals surface area contributed by atoms with E-state index in [1.54, 1.807) is 31.2 Å². The molecule has 2 N–H and O–H groups in total. The number of ether oxygens (including phenoxy) is 1. The van der Waals surface area contributed by atoms with E-state index in [1.807, 2.05) is 6.07 Å². The largest absolute Gasteiger partial charge is 0.490 e. The smallest absolute Gasteiger partial charge is 0.221 e. The number of carbonyl (C=O) groups excluding carboxylic acids is 1. The van der Waals surface area contributed by atoms with Gasteiger partial charge >= 0.3 is 0 Å². The van der Waals surface area contributed by atoms with Crippen LogP contribution in [-0.2, 0) is 4.79 Å². The van der Waals surface area contributed by atoms with Gasteiger partial charge in [0.1, 0.15) is 11.9 Å². The van der Waals surface area contributed by atoms with Gasteiger partial charge in [-0.1, -0.05) is 0 Å². The maximum absolute atomic E-state index is 10.6. The van der Waals surface area contributed by atoms with Gasteiger partial charge in [-0.05, 0) is 31.2 Å². The molecule has 78 valence electrons. The van der Waals surface area contributed by atoms with E-state index in [2.05, 4.69) is 0 Å². The quantitative estimate of drug-likeness (QED) is 0.800. The van der Waals surface area contributed by atoms with Crippen molar-refractivity contribution in [2.45, 2.75) is 19.4 Å². The normalized spacial score (nSPS) is 11.5. The van der Waals surface area contributed by atoms with Gasteiger partial charge in [0.25, 0.3) is 0 Å². The highest BCUT2D eigenvalue weighted by Crippen LogP contribution is 2.14. The third-order valence-corrected chi connectivity index (χ3v) is 1.81. The second-order valence-corrected chi connectivity index (χ2v) is 3.24. The van der Waals surface area contributed by atoms with Gasteiger partial charge in [0.2, 0.25) is 5.91 Å². The Kier molecular flexibility index (Phi) is 3.69. The van der Waals surface area contributed by atoms with Crippen molar-refractivity contribution in [3.8, 4) is 11.8 Å². The molecule has 0 bridgehead atoms. The monoisotopic (exact) mass is 204 g/mol. The highest BCUT2D eigenvalue weighted by molar-refractivity contribution is 5.74. The average molecular weight is 204 g/mol. The zero-order valence-electron chi connectivity index (χ0n) is 8.43. The number of rotatable bonds is 4. The molecule has 0 radical (unpaired) electrons. The van der Waals surface area contributed by atoms with Gasteiger partial charge in [-0.2, -0.15) is 5.26 Å². The lowest BCUT2D eigenvalue weighted by molar-refractivity contribution is -0.119. The molecule has 0 saturated carbocycles. The fourth-order valence-corrected chi connectivity index (χ4v) is 1.17. The van der Waals surface area contributed by atoms with Crippen LogP contribution < -0.4 is 10.5 Å². The highest BCUT2D eigenvalue weighted by atomic mass is 16.5. The van der Waals surface area contributed by atoms with Crippen LogP contribution in [0.4, 0.5) is 0 Å². The molecule has 1 unspecified atom stereocenters. The summed E-state index contributed by atoms with van der Waals surface area (Å²) in [4.78, 5) is 10.6. The van der Waals surface area contributed by atoms with E-state index in [9.17, 15) is 4.79 Å². The Morgan fingerprint density at radius 3 is 2.60 bits per heavy atom. The van der Waals surface area contributed by atoms with Crippen LogP contribution in [0.2, 0.25) is 0 Å². The molecule has 15 heavy (non-hydrogen) atoms. The summed E-state index contributed by atoms with van der Waals surface area (Å²) in [7, 11) is 0. The summed E-state index contributed by atoms with van der Waals surface area (Å²) in [5.41, 5.74) is 5.60. The lowest BCUT2D eigenvalue weighted by Gasteiger charge is -2.12. The molecular formula is C11H12N2O2. The van der Waals surface area contributed by atoms with Crippen molar-refractivity contribution < 1.29 is 9.53 Å². The zero-order valence-corrected chi connectivity index (χ0v) is 8.43. The molecule has 1 aromatic carbocycles. The van der Waals surface area contributed by atoms with Crippen LogP contribution in [-0.4, -0.2) is 12.0 Å². The molecule has 0 aliphatic carbocycles. The molecule has 1 aromatic rings. The molecule has 0 spiro atoms. The summed E-state index contributed by atoms with van der Waals surface area (Å²) < 4.78 is 5.41. The van der Waals surface area contributed by atoms with Gasteiger partial charge in [0.15, 0.2) is 0 Å². The molecule has 0 heterocycles. The molecule has 0 aliphatic heterocycles.